The van der Waals surface area contributed by atoms with E-state index in [9.17, 15) is 4.79 Å². The van der Waals surface area contributed by atoms with Crippen molar-refractivity contribution in [2.24, 2.45) is 5.73 Å². The molecule has 3 rings (SSSR count). The van der Waals surface area contributed by atoms with Crippen LogP contribution >= 0.6 is 23.7 Å². The molecule has 2 N–H and O–H groups in total. The number of likely N-dealkylation sites (tertiary alicyclic amines) is 1. The quantitative estimate of drug-likeness (QED) is 0.917. The van der Waals surface area contributed by atoms with Crippen LogP contribution in [0.15, 0.2) is 35.7 Å². The fourth-order valence-corrected chi connectivity index (χ4v) is 3.18. The van der Waals surface area contributed by atoms with Crippen molar-refractivity contribution in [2.75, 3.05) is 13.1 Å². The lowest BCUT2D eigenvalue weighted by Crippen LogP contribution is -2.41. The molecule has 1 aliphatic heterocycles. The van der Waals surface area contributed by atoms with Crippen molar-refractivity contribution in [3.05, 3.63) is 46.4 Å². The molecule has 2 aromatic rings. The molecule has 0 radical (unpaired) electrons. The van der Waals surface area contributed by atoms with E-state index in [0.717, 1.165) is 23.6 Å². The Bertz CT molecular complexity index is 627. The highest BCUT2D eigenvalue weighted by Gasteiger charge is 2.25. The molecule has 0 saturated carbocycles. The summed E-state index contributed by atoms with van der Waals surface area (Å²) in [5, 5.41) is 2.59. The molecule has 1 fully saturated rings. The van der Waals surface area contributed by atoms with Gasteiger partial charge in [0, 0.05) is 37.9 Å². The molecular weight excluding hydrogens is 334 g/mol. The smallest absolute Gasteiger partial charge is 0.273 e. The number of aromatic nitrogens is 1. The molecule has 0 atom stereocenters. The number of halogens is 1. The third kappa shape index (κ3) is 4.43. The summed E-state index contributed by atoms with van der Waals surface area (Å²) in [6.45, 7) is 1.78. The Balaban J connectivity index is 0.00000192. The number of rotatable bonds is 4. The molecule has 7 heteroatoms. The highest BCUT2D eigenvalue weighted by molar-refractivity contribution is 7.09. The van der Waals surface area contributed by atoms with Gasteiger partial charge in [-0.3, -0.25) is 4.79 Å². The molecule has 124 valence electrons. The van der Waals surface area contributed by atoms with Gasteiger partial charge in [-0.1, -0.05) is 18.2 Å². The number of hydrogen-bond donors (Lipinski definition) is 1. The minimum Gasteiger partial charge on any atom is -0.490 e. The van der Waals surface area contributed by atoms with Gasteiger partial charge in [-0.05, 0) is 12.1 Å². The minimum absolute atomic E-state index is 0. The van der Waals surface area contributed by atoms with Crippen molar-refractivity contribution in [1.82, 2.24) is 9.88 Å². The standard InChI is InChI=1S/C16H19N3O2S.ClH/c17-10-15-18-14(11-22-15)16(20)19-8-6-13(7-9-19)21-12-4-2-1-3-5-12;/h1-5,11,13H,6-10,17H2;1H. The number of carbonyl (C=O) groups excluding carboxylic acids is 1. The number of piperidine rings is 1. The van der Waals surface area contributed by atoms with E-state index in [1.807, 2.05) is 35.2 Å². The van der Waals surface area contributed by atoms with E-state index in [-0.39, 0.29) is 24.4 Å². The lowest BCUT2D eigenvalue weighted by atomic mass is 10.1. The molecule has 0 aliphatic carbocycles. The molecule has 1 amide bonds. The van der Waals surface area contributed by atoms with Gasteiger partial charge in [-0.2, -0.15) is 0 Å². The first-order valence-corrected chi connectivity index (χ1v) is 8.29. The lowest BCUT2D eigenvalue weighted by molar-refractivity contribution is 0.0591. The van der Waals surface area contributed by atoms with Crippen LogP contribution in [0.2, 0.25) is 0 Å². The summed E-state index contributed by atoms with van der Waals surface area (Å²) in [6, 6.07) is 9.82. The number of ether oxygens (including phenoxy) is 1. The number of para-hydroxylation sites is 1. The van der Waals surface area contributed by atoms with E-state index >= 15 is 0 Å². The van der Waals surface area contributed by atoms with Crippen molar-refractivity contribution in [3.8, 4) is 5.75 Å². The summed E-state index contributed by atoms with van der Waals surface area (Å²) in [6.07, 6.45) is 1.85. The summed E-state index contributed by atoms with van der Waals surface area (Å²) >= 11 is 1.44. The highest BCUT2D eigenvalue weighted by Crippen LogP contribution is 2.20. The van der Waals surface area contributed by atoms with Gasteiger partial charge in [0.1, 0.15) is 22.6 Å². The average molecular weight is 354 g/mol. The van der Waals surface area contributed by atoms with Crippen molar-refractivity contribution in [1.29, 1.82) is 0 Å². The number of carbonyl (C=O) groups is 1. The second-order valence-electron chi connectivity index (χ2n) is 5.25. The van der Waals surface area contributed by atoms with Gasteiger partial charge in [0.2, 0.25) is 0 Å². The molecule has 1 saturated heterocycles. The SMILES string of the molecule is Cl.NCc1nc(C(=O)N2CCC(Oc3ccccc3)CC2)cs1. The third-order valence-corrected chi connectivity index (χ3v) is 4.59. The van der Waals surface area contributed by atoms with E-state index in [0.29, 0.717) is 25.3 Å². The van der Waals surface area contributed by atoms with Crippen molar-refractivity contribution < 1.29 is 9.53 Å². The second-order valence-corrected chi connectivity index (χ2v) is 6.20. The lowest BCUT2D eigenvalue weighted by Gasteiger charge is -2.31. The number of nitrogens with two attached hydrogens (primary N) is 1. The molecule has 2 heterocycles. The van der Waals surface area contributed by atoms with Crippen LogP contribution in [0, 0.1) is 0 Å². The van der Waals surface area contributed by atoms with Gasteiger partial charge in [-0.15, -0.1) is 23.7 Å². The summed E-state index contributed by atoms with van der Waals surface area (Å²) in [4.78, 5) is 18.5. The Morgan fingerprint density at radius 3 is 2.61 bits per heavy atom. The van der Waals surface area contributed by atoms with Crippen LogP contribution in [0.25, 0.3) is 0 Å². The zero-order valence-electron chi connectivity index (χ0n) is 12.7. The van der Waals surface area contributed by atoms with Crippen LogP contribution in [0.1, 0.15) is 28.3 Å². The largest absolute Gasteiger partial charge is 0.490 e. The maximum atomic E-state index is 12.4. The van der Waals surface area contributed by atoms with Gasteiger partial charge in [0.15, 0.2) is 0 Å². The van der Waals surface area contributed by atoms with Crippen LogP contribution in [0.4, 0.5) is 0 Å². The highest BCUT2D eigenvalue weighted by atomic mass is 35.5. The Morgan fingerprint density at radius 2 is 2.00 bits per heavy atom. The number of benzene rings is 1. The predicted octanol–water partition coefficient (Wildman–Crippen LogP) is 2.71. The van der Waals surface area contributed by atoms with E-state index in [4.69, 9.17) is 10.5 Å². The zero-order valence-corrected chi connectivity index (χ0v) is 14.3. The Morgan fingerprint density at radius 1 is 1.30 bits per heavy atom. The average Bonchev–Trinajstić information content (AvgIpc) is 3.05. The predicted molar refractivity (Wildman–Crippen MR) is 93.2 cm³/mol. The van der Waals surface area contributed by atoms with Gasteiger partial charge < -0.3 is 15.4 Å². The van der Waals surface area contributed by atoms with Crippen LogP contribution in [-0.4, -0.2) is 35.0 Å². The van der Waals surface area contributed by atoms with Crippen LogP contribution in [-0.2, 0) is 6.54 Å². The van der Waals surface area contributed by atoms with Crippen molar-refractivity contribution >= 4 is 29.7 Å². The first kappa shape index (κ1) is 17.7. The molecule has 1 aromatic heterocycles. The normalized spacial score (nSPS) is 15.1. The topological polar surface area (TPSA) is 68.5 Å². The van der Waals surface area contributed by atoms with Gasteiger partial charge in [0.25, 0.3) is 5.91 Å². The number of hydrogen-bond acceptors (Lipinski definition) is 5. The van der Waals surface area contributed by atoms with Crippen molar-refractivity contribution in [3.63, 3.8) is 0 Å². The van der Waals surface area contributed by atoms with Gasteiger partial charge in [0.05, 0.1) is 0 Å². The monoisotopic (exact) mass is 353 g/mol. The van der Waals surface area contributed by atoms with E-state index < -0.39 is 0 Å². The van der Waals surface area contributed by atoms with Gasteiger partial charge in [-0.25, -0.2) is 4.98 Å². The summed E-state index contributed by atoms with van der Waals surface area (Å²) in [5.41, 5.74) is 6.05. The molecule has 1 aliphatic rings. The second kappa shape index (κ2) is 8.29. The summed E-state index contributed by atoms with van der Waals surface area (Å²) in [7, 11) is 0. The van der Waals surface area contributed by atoms with E-state index in [1.54, 1.807) is 5.38 Å². The van der Waals surface area contributed by atoms with Crippen LogP contribution < -0.4 is 10.5 Å². The van der Waals surface area contributed by atoms with E-state index in [1.165, 1.54) is 11.3 Å². The molecule has 0 bridgehead atoms. The zero-order chi connectivity index (χ0) is 15.4. The fraction of sp³-hybridized carbons (Fsp3) is 0.375. The van der Waals surface area contributed by atoms with Gasteiger partial charge >= 0.3 is 0 Å². The molecule has 1 aromatic carbocycles. The molecule has 0 spiro atoms. The molecule has 0 unspecified atom stereocenters. The van der Waals surface area contributed by atoms with Crippen LogP contribution in [0.3, 0.4) is 0 Å². The van der Waals surface area contributed by atoms with Crippen molar-refractivity contribution in [2.45, 2.75) is 25.5 Å². The summed E-state index contributed by atoms with van der Waals surface area (Å²) < 4.78 is 5.94. The number of nitrogens with zero attached hydrogens (tertiary/aromatic N) is 2. The third-order valence-electron chi connectivity index (χ3n) is 3.72. The Labute approximate surface area is 145 Å². The maximum absolute atomic E-state index is 12.4. The van der Waals surface area contributed by atoms with Crippen LogP contribution in [0.5, 0.6) is 5.75 Å². The van der Waals surface area contributed by atoms with E-state index in [2.05, 4.69) is 4.98 Å². The Hall–Kier alpha value is -1.63. The number of thiazole rings is 1. The molecule has 23 heavy (non-hydrogen) atoms. The molecule has 5 nitrogen and oxygen atoms in total. The first-order chi connectivity index (χ1) is 10.8. The molecular formula is C16H20ClN3O2S. The Kier molecular flexibility index (Phi) is 6.38. The fourth-order valence-electron chi connectivity index (χ4n) is 2.53. The minimum atomic E-state index is -0.00545. The maximum Gasteiger partial charge on any atom is 0.273 e. The number of amides is 1. The first-order valence-electron chi connectivity index (χ1n) is 7.41. The summed E-state index contributed by atoms with van der Waals surface area (Å²) in [5.74, 6) is 0.883.